The average Bonchev–Trinajstić information content (AvgIpc) is 3.05. The smallest absolute Gasteiger partial charge is 0.218 e. The Morgan fingerprint density at radius 2 is 2.30 bits per heavy atom. The molecule has 2 heterocycles. The first kappa shape index (κ1) is 20.3. The molecule has 0 spiro atoms. The minimum absolute atomic E-state index is 0. The molecule has 130 valence electrons. The van der Waals surface area contributed by atoms with Crippen LogP contribution in [-0.2, 0) is 6.54 Å². The minimum atomic E-state index is 0. The molecule has 1 aromatic heterocycles. The largest absolute Gasteiger partial charge is 0.478 e. The molecule has 0 bridgehead atoms. The van der Waals surface area contributed by atoms with Crippen molar-refractivity contribution in [2.24, 2.45) is 4.99 Å². The number of guanidine groups is 1. The fraction of sp³-hybridized carbons (Fsp3) is 0.625. The Labute approximate surface area is 160 Å². The lowest BCUT2D eigenvalue weighted by Gasteiger charge is -2.14. The number of hydrogen-bond donors (Lipinski definition) is 2. The van der Waals surface area contributed by atoms with Crippen molar-refractivity contribution in [3.05, 3.63) is 23.9 Å². The third kappa shape index (κ3) is 7.15. The Bertz CT molecular complexity index is 481. The molecule has 1 aliphatic rings. The molecule has 7 heteroatoms. The van der Waals surface area contributed by atoms with Crippen molar-refractivity contribution in [3.8, 4) is 5.88 Å². The molecule has 1 atom stereocenters. The first-order chi connectivity index (χ1) is 10.8. The number of ether oxygens (including phenoxy) is 1. The van der Waals surface area contributed by atoms with Crippen LogP contribution >= 0.6 is 35.7 Å². The van der Waals surface area contributed by atoms with E-state index in [1.165, 1.54) is 18.6 Å². The summed E-state index contributed by atoms with van der Waals surface area (Å²) in [5.74, 6) is 2.82. The topological polar surface area (TPSA) is 58.5 Å². The maximum Gasteiger partial charge on any atom is 0.218 e. The van der Waals surface area contributed by atoms with Gasteiger partial charge in [0.05, 0.1) is 13.2 Å². The van der Waals surface area contributed by atoms with Crippen LogP contribution in [0.3, 0.4) is 0 Å². The number of aliphatic imine (C=N–C) groups is 1. The molecule has 1 unspecified atom stereocenters. The molecule has 0 saturated carbocycles. The van der Waals surface area contributed by atoms with Gasteiger partial charge in [-0.15, -0.1) is 24.0 Å². The van der Waals surface area contributed by atoms with Crippen LogP contribution in [-0.4, -0.2) is 41.6 Å². The number of hydrogen-bond acceptors (Lipinski definition) is 4. The van der Waals surface area contributed by atoms with Crippen molar-refractivity contribution in [1.29, 1.82) is 0 Å². The van der Waals surface area contributed by atoms with E-state index in [4.69, 9.17) is 4.74 Å². The van der Waals surface area contributed by atoms with Crippen molar-refractivity contribution in [2.75, 3.05) is 25.4 Å². The van der Waals surface area contributed by atoms with Crippen LogP contribution in [0.4, 0.5) is 0 Å². The van der Waals surface area contributed by atoms with Crippen LogP contribution in [0.5, 0.6) is 5.88 Å². The zero-order chi connectivity index (χ0) is 15.6. The Morgan fingerprint density at radius 3 is 3.00 bits per heavy atom. The second kappa shape index (κ2) is 11.8. The average molecular weight is 450 g/mol. The number of pyridine rings is 1. The summed E-state index contributed by atoms with van der Waals surface area (Å²) in [5, 5.41) is 7.45. The van der Waals surface area contributed by atoms with Crippen molar-refractivity contribution in [3.63, 3.8) is 0 Å². The predicted octanol–water partition coefficient (Wildman–Crippen LogP) is 3.05. The van der Waals surface area contributed by atoms with Crippen LogP contribution in [0, 0.1) is 0 Å². The molecule has 1 aliphatic heterocycles. The first-order valence-corrected chi connectivity index (χ1v) is 9.08. The van der Waals surface area contributed by atoms with Gasteiger partial charge in [0.1, 0.15) is 0 Å². The van der Waals surface area contributed by atoms with Gasteiger partial charge in [0.2, 0.25) is 5.88 Å². The normalized spacial score (nSPS) is 17.5. The van der Waals surface area contributed by atoms with Crippen LogP contribution in [0.2, 0.25) is 0 Å². The molecule has 2 rings (SSSR count). The van der Waals surface area contributed by atoms with Crippen molar-refractivity contribution >= 4 is 41.7 Å². The Hall–Kier alpha value is -0.700. The first-order valence-electron chi connectivity index (χ1n) is 8.04. The summed E-state index contributed by atoms with van der Waals surface area (Å²) in [6.45, 7) is 7.06. The van der Waals surface area contributed by atoms with Crippen molar-refractivity contribution in [2.45, 2.75) is 38.5 Å². The van der Waals surface area contributed by atoms with Gasteiger partial charge in [0.15, 0.2) is 5.96 Å². The Morgan fingerprint density at radius 1 is 1.43 bits per heavy atom. The van der Waals surface area contributed by atoms with Gasteiger partial charge in [0.25, 0.3) is 0 Å². The highest BCUT2D eigenvalue weighted by Crippen LogP contribution is 2.25. The fourth-order valence-electron chi connectivity index (χ4n) is 2.33. The van der Waals surface area contributed by atoms with Crippen molar-refractivity contribution in [1.82, 2.24) is 15.6 Å². The number of thioether (sulfide) groups is 1. The van der Waals surface area contributed by atoms with Crippen LogP contribution in [0.1, 0.15) is 32.3 Å². The lowest BCUT2D eigenvalue weighted by molar-refractivity contribution is 0.323. The second-order valence-corrected chi connectivity index (χ2v) is 6.52. The Kier molecular flexibility index (Phi) is 10.4. The highest BCUT2D eigenvalue weighted by molar-refractivity contribution is 14.0. The number of aromatic nitrogens is 1. The van der Waals surface area contributed by atoms with E-state index in [1.54, 1.807) is 6.20 Å². The van der Waals surface area contributed by atoms with E-state index in [0.29, 0.717) is 24.3 Å². The van der Waals surface area contributed by atoms with E-state index in [2.05, 4.69) is 39.3 Å². The van der Waals surface area contributed by atoms with Crippen LogP contribution in [0.25, 0.3) is 0 Å². The van der Waals surface area contributed by atoms with Gasteiger partial charge in [-0.05, 0) is 38.5 Å². The standard InChI is InChI=1S/C16H26N4OS.HI/c1-3-17-16(20-12-14-8-6-10-22-14)19-11-13-7-5-9-18-15(13)21-4-2;/h5,7,9,14H,3-4,6,8,10-12H2,1-2H3,(H2,17,19,20);1H. The van der Waals surface area contributed by atoms with Gasteiger partial charge in [-0.1, -0.05) is 6.07 Å². The van der Waals surface area contributed by atoms with Gasteiger partial charge < -0.3 is 15.4 Å². The van der Waals surface area contributed by atoms with E-state index in [-0.39, 0.29) is 24.0 Å². The summed E-state index contributed by atoms with van der Waals surface area (Å²) >= 11 is 2.05. The number of halogens is 1. The molecule has 0 aliphatic carbocycles. The molecule has 23 heavy (non-hydrogen) atoms. The Balaban J connectivity index is 0.00000264. The third-order valence-electron chi connectivity index (χ3n) is 3.40. The number of rotatable bonds is 7. The van der Waals surface area contributed by atoms with Crippen LogP contribution in [0.15, 0.2) is 23.3 Å². The molecular formula is C16H27IN4OS. The third-order valence-corrected chi connectivity index (χ3v) is 4.80. The van der Waals surface area contributed by atoms with Crippen LogP contribution < -0.4 is 15.4 Å². The van der Waals surface area contributed by atoms with Gasteiger partial charge in [-0.3, -0.25) is 0 Å². The lowest BCUT2D eigenvalue weighted by Crippen LogP contribution is -2.40. The molecule has 0 radical (unpaired) electrons. The van der Waals surface area contributed by atoms with Crippen molar-refractivity contribution < 1.29 is 4.74 Å². The summed E-state index contributed by atoms with van der Waals surface area (Å²) in [6.07, 6.45) is 4.38. The van der Waals surface area contributed by atoms with Gasteiger partial charge >= 0.3 is 0 Å². The second-order valence-electron chi connectivity index (χ2n) is 5.11. The quantitative estimate of drug-likeness (QED) is 0.380. The van der Waals surface area contributed by atoms with E-state index < -0.39 is 0 Å². The SMILES string of the molecule is CCNC(=NCc1cccnc1OCC)NCC1CCCS1.I. The lowest BCUT2D eigenvalue weighted by atomic mass is 10.2. The summed E-state index contributed by atoms with van der Waals surface area (Å²) in [5.41, 5.74) is 1.01. The van der Waals surface area contributed by atoms with Gasteiger partial charge in [-0.2, -0.15) is 11.8 Å². The molecule has 1 aromatic rings. The minimum Gasteiger partial charge on any atom is -0.478 e. The highest BCUT2D eigenvalue weighted by atomic mass is 127. The van der Waals surface area contributed by atoms with E-state index in [1.807, 2.05) is 19.1 Å². The van der Waals surface area contributed by atoms with E-state index in [9.17, 15) is 0 Å². The zero-order valence-corrected chi connectivity index (χ0v) is 17.0. The summed E-state index contributed by atoms with van der Waals surface area (Å²) in [7, 11) is 0. The van der Waals surface area contributed by atoms with E-state index in [0.717, 1.165) is 24.6 Å². The molecule has 0 amide bonds. The monoisotopic (exact) mass is 450 g/mol. The number of nitrogens with zero attached hydrogens (tertiary/aromatic N) is 2. The molecule has 1 fully saturated rings. The molecule has 1 saturated heterocycles. The zero-order valence-electron chi connectivity index (χ0n) is 13.9. The maximum absolute atomic E-state index is 5.55. The maximum atomic E-state index is 5.55. The summed E-state index contributed by atoms with van der Waals surface area (Å²) < 4.78 is 5.55. The van der Waals surface area contributed by atoms with Gasteiger partial charge in [0, 0.05) is 30.1 Å². The molecular weight excluding hydrogens is 423 g/mol. The molecule has 5 nitrogen and oxygen atoms in total. The van der Waals surface area contributed by atoms with Gasteiger partial charge in [-0.25, -0.2) is 9.98 Å². The summed E-state index contributed by atoms with van der Waals surface area (Å²) in [4.78, 5) is 8.92. The highest BCUT2D eigenvalue weighted by Gasteiger charge is 2.15. The summed E-state index contributed by atoms with van der Waals surface area (Å²) in [6, 6.07) is 3.93. The molecule has 2 N–H and O–H groups in total. The molecule has 0 aromatic carbocycles. The van der Waals surface area contributed by atoms with E-state index >= 15 is 0 Å². The predicted molar refractivity (Wildman–Crippen MR) is 109 cm³/mol. The fourth-order valence-corrected chi connectivity index (χ4v) is 3.53. The number of nitrogens with one attached hydrogen (secondary N) is 2.